The first-order valence-electron chi connectivity index (χ1n) is 4.74. The van der Waals surface area contributed by atoms with Crippen molar-refractivity contribution in [2.24, 2.45) is 7.05 Å². The van der Waals surface area contributed by atoms with Crippen molar-refractivity contribution in [3.05, 3.63) is 15.7 Å². The van der Waals surface area contributed by atoms with Gasteiger partial charge in [-0.15, -0.1) is 0 Å². The van der Waals surface area contributed by atoms with Gasteiger partial charge in [0.2, 0.25) is 0 Å². The molecule has 0 aromatic carbocycles. The Kier molecular flexibility index (Phi) is 3.34. The standard InChI is InChI=1S/C8H10BrN5O2S2/c1-4-6(7(10)12-14(4)2)18(15,16)13-8-11-3-5(9)17-8/h3H,1-2H3,(H2,10,12)(H,11,13). The minimum absolute atomic E-state index is 0.0173. The molecule has 0 unspecified atom stereocenters. The van der Waals surface area contributed by atoms with Gasteiger partial charge in [0.05, 0.1) is 15.7 Å². The predicted octanol–water partition coefficient (Wildman–Crippen LogP) is 1.33. The van der Waals surface area contributed by atoms with Crippen molar-refractivity contribution in [1.82, 2.24) is 14.8 Å². The first kappa shape index (κ1) is 13.3. The summed E-state index contributed by atoms with van der Waals surface area (Å²) in [5, 5.41) is 4.14. The Morgan fingerprint density at radius 2 is 2.22 bits per heavy atom. The van der Waals surface area contributed by atoms with E-state index < -0.39 is 10.0 Å². The molecule has 0 aliphatic heterocycles. The molecule has 0 spiro atoms. The van der Waals surface area contributed by atoms with Crippen molar-refractivity contribution in [1.29, 1.82) is 0 Å². The van der Waals surface area contributed by atoms with Gasteiger partial charge in [0.1, 0.15) is 0 Å². The van der Waals surface area contributed by atoms with Crippen molar-refractivity contribution in [2.75, 3.05) is 10.5 Å². The van der Waals surface area contributed by atoms with Crippen LogP contribution in [0.4, 0.5) is 10.9 Å². The van der Waals surface area contributed by atoms with Gasteiger partial charge in [-0.05, 0) is 22.9 Å². The molecule has 2 rings (SSSR count). The number of sulfonamides is 1. The summed E-state index contributed by atoms with van der Waals surface area (Å²) in [6.45, 7) is 1.63. The highest BCUT2D eigenvalue weighted by atomic mass is 79.9. The summed E-state index contributed by atoms with van der Waals surface area (Å²) in [7, 11) is -2.14. The number of thiazole rings is 1. The molecule has 0 amide bonds. The predicted molar refractivity (Wildman–Crippen MR) is 73.0 cm³/mol. The highest BCUT2D eigenvalue weighted by Crippen LogP contribution is 2.28. The Morgan fingerprint density at radius 3 is 2.67 bits per heavy atom. The molecule has 0 aliphatic carbocycles. The number of nitrogen functional groups attached to an aromatic ring is 1. The van der Waals surface area contributed by atoms with Gasteiger partial charge in [0.15, 0.2) is 15.8 Å². The first-order valence-corrected chi connectivity index (χ1v) is 7.84. The number of anilines is 2. The lowest BCUT2D eigenvalue weighted by molar-refractivity contribution is 0.600. The van der Waals surface area contributed by atoms with Gasteiger partial charge in [-0.2, -0.15) is 5.10 Å². The monoisotopic (exact) mass is 351 g/mol. The Labute approximate surface area is 116 Å². The van der Waals surface area contributed by atoms with Gasteiger partial charge < -0.3 is 5.73 Å². The van der Waals surface area contributed by atoms with Crippen LogP contribution in [0.3, 0.4) is 0 Å². The van der Waals surface area contributed by atoms with Crippen LogP contribution in [0, 0.1) is 6.92 Å². The van der Waals surface area contributed by atoms with E-state index in [4.69, 9.17) is 5.73 Å². The van der Waals surface area contributed by atoms with E-state index in [0.29, 0.717) is 5.69 Å². The fourth-order valence-electron chi connectivity index (χ4n) is 1.41. The van der Waals surface area contributed by atoms with Crippen molar-refractivity contribution >= 4 is 48.2 Å². The Hall–Kier alpha value is -1.13. The first-order chi connectivity index (χ1) is 8.31. The van der Waals surface area contributed by atoms with Gasteiger partial charge in [0.25, 0.3) is 10.0 Å². The van der Waals surface area contributed by atoms with Crippen molar-refractivity contribution in [3.63, 3.8) is 0 Å². The fourth-order valence-corrected chi connectivity index (χ4v) is 4.09. The Morgan fingerprint density at radius 1 is 1.56 bits per heavy atom. The van der Waals surface area contributed by atoms with Crippen LogP contribution in [0.2, 0.25) is 0 Å². The normalized spacial score (nSPS) is 11.7. The average molecular weight is 352 g/mol. The summed E-state index contributed by atoms with van der Waals surface area (Å²) in [5.41, 5.74) is 6.08. The number of hydrogen-bond acceptors (Lipinski definition) is 6. The second-order valence-electron chi connectivity index (χ2n) is 3.50. The highest BCUT2D eigenvalue weighted by Gasteiger charge is 2.25. The minimum atomic E-state index is -3.77. The van der Waals surface area contributed by atoms with E-state index in [1.807, 2.05) is 0 Å². The van der Waals surface area contributed by atoms with Gasteiger partial charge in [-0.1, -0.05) is 11.3 Å². The zero-order valence-electron chi connectivity index (χ0n) is 9.51. The molecule has 0 aliphatic rings. The Bertz CT molecular complexity index is 690. The molecular formula is C8H10BrN5O2S2. The highest BCUT2D eigenvalue weighted by molar-refractivity contribution is 9.11. The number of aromatic nitrogens is 3. The number of halogens is 1. The lowest BCUT2D eigenvalue weighted by Gasteiger charge is -2.04. The molecule has 0 radical (unpaired) electrons. The van der Waals surface area contributed by atoms with Gasteiger partial charge in [0, 0.05) is 7.05 Å². The maximum Gasteiger partial charge on any atom is 0.269 e. The minimum Gasteiger partial charge on any atom is -0.381 e. The average Bonchev–Trinajstić information content (AvgIpc) is 2.72. The van der Waals surface area contributed by atoms with E-state index in [2.05, 4.69) is 30.7 Å². The SMILES string of the molecule is Cc1c(S(=O)(=O)Nc2ncc(Br)s2)c(N)nn1C. The van der Waals surface area contributed by atoms with Gasteiger partial charge >= 0.3 is 0 Å². The van der Waals surface area contributed by atoms with Crippen LogP contribution in [0.1, 0.15) is 5.69 Å². The van der Waals surface area contributed by atoms with E-state index in [0.717, 1.165) is 3.79 Å². The quantitative estimate of drug-likeness (QED) is 0.868. The van der Waals surface area contributed by atoms with E-state index in [1.54, 1.807) is 14.0 Å². The number of nitrogens with zero attached hydrogens (tertiary/aromatic N) is 3. The third kappa shape index (κ3) is 2.35. The summed E-state index contributed by atoms with van der Waals surface area (Å²) < 4.78 is 28.9. The summed E-state index contributed by atoms with van der Waals surface area (Å²) in [5.74, 6) is -0.0295. The molecule has 2 aromatic rings. The number of nitrogens with one attached hydrogen (secondary N) is 1. The lowest BCUT2D eigenvalue weighted by atomic mass is 10.5. The summed E-state index contributed by atoms with van der Waals surface area (Å²) >= 11 is 4.38. The molecule has 2 heterocycles. The van der Waals surface area contributed by atoms with Crippen molar-refractivity contribution in [3.8, 4) is 0 Å². The molecule has 0 fully saturated rings. The Balaban J connectivity index is 2.43. The third-order valence-electron chi connectivity index (χ3n) is 2.27. The lowest BCUT2D eigenvalue weighted by Crippen LogP contribution is -2.15. The molecule has 10 heteroatoms. The molecule has 0 bridgehead atoms. The van der Waals surface area contributed by atoms with E-state index >= 15 is 0 Å². The zero-order valence-corrected chi connectivity index (χ0v) is 12.7. The van der Waals surface area contributed by atoms with Crippen LogP contribution in [0.15, 0.2) is 14.9 Å². The van der Waals surface area contributed by atoms with Crippen LogP contribution in [0.5, 0.6) is 0 Å². The molecule has 0 saturated carbocycles. The number of hydrogen-bond donors (Lipinski definition) is 2. The largest absolute Gasteiger partial charge is 0.381 e. The molecule has 7 nitrogen and oxygen atoms in total. The van der Waals surface area contributed by atoms with E-state index in [-0.39, 0.29) is 15.8 Å². The molecule has 18 heavy (non-hydrogen) atoms. The molecule has 98 valence electrons. The molecular weight excluding hydrogens is 342 g/mol. The topological polar surface area (TPSA) is 103 Å². The smallest absolute Gasteiger partial charge is 0.269 e. The summed E-state index contributed by atoms with van der Waals surface area (Å²) in [6.07, 6.45) is 1.52. The van der Waals surface area contributed by atoms with Gasteiger partial charge in [-0.25, -0.2) is 13.4 Å². The maximum atomic E-state index is 12.2. The summed E-state index contributed by atoms with van der Waals surface area (Å²) in [6, 6.07) is 0. The van der Waals surface area contributed by atoms with E-state index in [9.17, 15) is 8.42 Å². The van der Waals surface area contributed by atoms with E-state index in [1.165, 1.54) is 22.2 Å². The van der Waals surface area contributed by atoms with Crippen LogP contribution in [0.25, 0.3) is 0 Å². The fraction of sp³-hybridized carbons (Fsp3) is 0.250. The molecule has 3 N–H and O–H groups in total. The third-order valence-corrected chi connectivity index (χ3v) is 5.30. The number of nitrogens with two attached hydrogens (primary N) is 1. The second kappa shape index (κ2) is 4.52. The van der Waals surface area contributed by atoms with Crippen molar-refractivity contribution in [2.45, 2.75) is 11.8 Å². The molecule has 0 atom stereocenters. The molecule has 2 aromatic heterocycles. The van der Waals surface area contributed by atoms with Crippen LogP contribution >= 0.6 is 27.3 Å². The van der Waals surface area contributed by atoms with Crippen molar-refractivity contribution < 1.29 is 8.42 Å². The molecule has 0 saturated heterocycles. The number of aryl methyl sites for hydroxylation is 1. The number of rotatable bonds is 3. The van der Waals surface area contributed by atoms with Gasteiger partial charge in [-0.3, -0.25) is 9.40 Å². The van der Waals surface area contributed by atoms with Crippen LogP contribution < -0.4 is 10.5 Å². The second-order valence-corrected chi connectivity index (χ2v) is 7.53. The van der Waals surface area contributed by atoms with Crippen LogP contribution in [-0.2, 0) is 17.1 Å². The van der Waals surface area contributed by atoms with Crippen LogP contribution in [-0.4, -0.2) is 23.2 Å². The summed E-state index contributed by atoms with van der Waals surface area (Å²) in [4.78, 5) is 3.89. The zero-order chi connectivity index (χ0) is 13.5. The maximum absolute atomic E-state index is 12.2.